The molecule has 3 nitrogen and oxygen atoms in total. The number of anilines is 1. The van der Waals surface area contributed by atoms with E-state index in [4.69, 9.17) is 0 Å². The van der Waals surface area contributed by atoms with Crippen molar-refractivity contribution in [3.63, 3.8) is 0 Å². The normalized spacial score (nSPS) is 12.7. The Bertz CT molecular complexity index is 600. The van der Waals surface area contributed by atoms with Crippen LogP contribution < -0.4 is 5.32 Å². The summed E-state index contributed by atoms with van der Waals surface area (Å²) >= 11 is 0. The van der Waals surface area contributed by atoms with Gasteiger partial charge in [0.1, 0.15) is 5.82 Å². The molecule has 0 spiro atoms. The van der Waals surface area contributed by atoms with Crippen LogP contribution in [0.5, 0.6) is 0 Å². The highest BCUT2D eigenvalue weighted by Gasteiger charge is 2.35. The molecule has 0 amide bonds. The van der Waals surface area contributed by atoms with Crippen molar-refractivity contribution < 1.29 is 13.2 Å². The summed E-state index contributed by atoms with van der Waals surface area (Å²) < 4.78 is 38.3. The second-order valence-corrected chi connectivity index (χ2v) is 5.29. The van der Waals surface area contributed by atoms with Crippen LogP contribution in [0.4, 0.5) is 19.0 Å². The van der Waals surface area contributed by atoms with Crippen molar-refractivity contribution in [3.05, 3.63) is 30.1 Å². The van der Waals surface area contributed by atoms with Gasteiger partial charge < -0.3 is 5.32 Å². The summed E-state index contributed by atoms with van der Waals surface area (Å²) in [5.41, 5.74) is -0.114. The van der Waals surface area contributed by atoms with Gasteiger partial charge in [-0.1, -0.05) is 12.1 Å². The number of nitrogens with one attached hydrogen (secondary N) is 1. The molecule has 1 N–H and O–H groups in total. The third-order valence-electron chi connectivity index (χ3n) is 2.35. The van der Waals surface area contributed by atoms with E-state index in [1.165, 1.54) is 0 Å². The van der Waals surface area contributed by atoms with Gasteiger partial charge in [0.2, 0.25) is 5.82 Å². The van der Waals surface area contributed by atoms with E-state index in [-0.39, 0.29) is 16.9 Å². The zero-order valence-electron chi connectivity index (χ0n) is 10.8. The minimum atomic E-state index is -4.56. The van der Waals surface area contributed by atoms with Crippen molar-refractivity contribution in [2.45, 2.75) is 32.5 Å². The number of hydrogen-bond donors (Lipinski definition) is 1. The third-order valence-corrected chi connectivity index (χ3v) is 2.35. The van der Waals surface area contributed by atoms with E-state index in [0.717, 1.165) is 0 Å². The van der Waals surface area contributed by atoms with Crippen LogP contribution in [0.3, 0.4) is 0 Å². The highest BCUT2D eigenvalue weighted by atomic mass is 19.4. The number of hydrogen-bond acceptors (Lipinski definition) is 3. The minimum Gasteiger partial charge on any atom is -0.365 e. The second-order valence-electron chi connectivity index (χ2n) is 5.29. The van der Waals surface area contributed by atoms with Gasteiger partial charge in [-0.15, -0.1) is 0 Å². The number of fused-ring (bicyclic) bond motifs is 1. The average Bonchev–Trinajstić information content (AvgIpc) is 2.25. The quantitative estimate of drug-likeness (QED) is 0.854. The lowest BCUT2D eigenvalue weighted by molar-refractivity contribution is -0.144. The number of alkyl halides is 3. The molecule has 2 aromatic rings. The van der Waals surface area contributed by atoms with Gasteiger partial charge in [-0.05, 0) is 32.9 Å². The average molecular weight is 269 g/mol. The SMILES string of the molecule is CC(C)(C)Nc1nc(C(F)(F)F)nc2ccccc12. The smallest absolute Gasteiger partial charge is 0.365 e. The van der Waals surface area contributed by atoms with Crippen molar-refractivity contribution in [2.24, 2.45) is 0 Å². The summed E-state index contributed by atoms with van der Waals surface area (Å²) in [7, 11) is 0. The van der Waals surface area contributed by atoms with E-state index in [9.17, 15) is 13.2 Å². The summed E-state index contributed by atoms with van der Waals surface area (Å²) in [5, 5.41) is 3.56. The lowest BCUT2D eigenvalue weighted by Crippen LogP contribution is -2.27. The minimum absolute atomic E-state index is 0.199. The Morgan fingerprint density at radius 2 is 1.63 bits per heavy atom. The maximum absolute atomic E-state index is 12.8. The molecule has 0 atom stereocenters. The first kappa shape index (κ1) is 13.6. The molecule has 0 saturated heterocycles. The topological polar surface area (TPSA) is 37.8 Å². The van der Waals surface area contributed by atoms with Crippen LogP contribution in [0, 0.1) is 0 Å². The summed E-state index contributed by atoms with van der Waals surface area (Å²) in [6.07, 6.45) is -4.56. The maximum atomic E-state index is 12.8. The molecule has 0 aliphatic rings. The summed E-state index contributed by atoms with van der Waals surface area (Å²) in [6.45, 7) is 5.57. The van der Waals surface area contributed by atoms with Gasteiger partial charge in [-0.2, -0.15) is 13.2 Å². The molecule has 102 valence electrons. The monoisotopic (exact) mass is 269 g/mol. The molecular weight excluding hydrogens is 255 g/mol. The Hall–Kier alpha value is -1.85. The van der Waals surface area contributed by atoms with Crippen molar-refractivity contribution in [1.29, 1.82) is 0 Å². The fraction of sp³-hybridized carbons (Fsp3) is 0.385. The Labute approximate surface area is 108 Å². The van der Waals surface area contributed by atoms with Gasteiger partial charge in [0, 0.05) is 10.9 Å². The van der Waals surface area contributed by atoms with E-state index >= 15 is 0 Å². The van der Waals surface area contributed by atoms with E-state index in [2.05, 4.69) is 15.3 Å². The first-order valence-electron chi connectivity index (χ1n) is 5.79. The van der Waals surface area contributed by atoms with Crippen LogP contribution in [-0.2, 0) is 6.18 Å². The fourth-order valence-electron chi connectivity index (χ4n) is 1.65. The Morgan fingerprint density at radius 3 is 2.21 bits per heavy atom. The molecule has 0 fully saturated rings. The van der Waals surface area contributed by atoms with Gasteiger partial charge in [0.05, 0.1) is 5.52 Å². The Kier molecular flexibility index (Phi) is 3.12. The first-order valence-corrected chi connectivity index (χ1v) is 5.79. The molecule has 0 aliphatic carbocycles. The number of nitrogens with zero attached hydrogens (tertiary/aromatic N) is 2. The number of aromatic nitrogens is 2. The molecule has 1 aromatic carbocycles. The largest absolute Gasteiger partial charge is 0.451 e. The molecule has 1 aromatic heterocycles. The molecule has 0 aliphatic heterocycles. The maximum Gasteiger partial charge on any atom is 0.451 e. The molecule has 19 heavy (non-hydrogen) atoms. The highest BCUT2D eigenvalue weighted by molar-refractivity contribution is 5.89. The van der Waals surface area contributed by atoms with Crippen LogP contribution >= 0.6 is 0 Å². The number of rotatable bonds is 1. The van der Waals surface area contributed by atoms with Crippen molar-refractivity contribution in [2.75, 3.05) is 5.32 Å². The predicted molar refractivity (Wildman–Crippen MR) is 67.9 cm³/mol. The van der Waals surface area contributed by atoms with Crippen LogP contribution in [0.1, 0.15) is 26.6 Å². The lowest BCUT2D eigenvalue weighted by Gasteiger charge is -2.22. The van der Waals surface area contributed by atoms with Crippen molar-refractivity contribution in [3.8, 4) is 0 Å². The molecule has 6 heteroatoms. The van der Waals surface area contributed by atoms with Gasteiger partial charge in [0.25, 0.3) is 0 Å². The van der Waals surface area contributed by atoms with Gasteiger partial charge in [0.15, 0.2) is 0 Å². The number of benzene rings is 1. The molecule has 1 heterocycles. The van der Waals surface area contributed by atoms with Gasteiger partial charge >= 0.3 is 6.18 Å². The summed E-state index contributed by atoms with van der Waals surface area (Å²) in [6, 6.07) is 6.63. The fourth-order valence-corrected chi connectivity index (χ4v) is 1.65. The first-order chi connectivity index (χ1) is 8.67. The van der Waals surface area contributed by atoms with E-state index in [1.807, 2.05) is 20.8 Å². The zero-order valence-corrected chi connectivity index (χ0v) is 10.8. The Morgan fingerprint density at radius 1 is 1.00 bits per heavy atom. The van der Waals surface area contributed by atoms with Gasteiger partial charge in [-0.3, -0.25) is 0 Å². The van der Waals surface area contributed by atoms with Crippen molar-refractivity contribution >= 4 is 16.7 Å². The summed E-state index contributed by atoms with van der Waals surface area (Å²) in [4.78, 5) is 7.17. The van der Waals surface area contributed by atoms with Gasteiger partial charge in [-0.25, -0.2) is 9.97 Å². The van der Waals surface area contributed by atoms with Crippen molar-refractivity contribution in [1.82, 2.24) is 9.97 Å². The standard InChI is InChI=1S/C13H14F3N3/c1-12(2,3)19-10-8-6-4-5-7-9(8)17-11(18-10)13(14,15)16/h4-7H,1-3H3,(H,17,18,19). The van der Waals surface area contributed by atoms with Crippen LogP contribution in [0.25, 0.3) is 10.9 Å². The number of halogens is 3. The molecule has 2 rings (SSSR count). The van der Waals surface area contributed by atoms with E-state index in [1.54, 1.807) is 24.3 Å². The second kappa shape index (κ2) is 4.36. The predicted octanol–water partition coefficient (Wildman–Crippen LogP) is 3.86. The molecule has 0 unspecified atom stereocenters. The summed E-state index contributed by atoms with van der Waals surface area (Å²) in [5.74, 6) is -0.927. The third kappa shape index (κ3) is 3.13. The molecule has 0 radical (unpaired) electrons. The number of para-hydroxylation sites is 1. The lowest BCUT2D eigenvalue weighted by atomic mass is 10.1. The van der Waals surface area contributed by atoms with E-state index < -0.39 is 12.0 Å². The van der Waals surface area contributed by atoms with Crippen LogP contribution in [0.2, 0.25) is 0 Å². The van der Waals surface area contributed by atoms with Crippen LogP contribution in [0.15, 0.2) is 24.3 Å². The molecule has 0 bridgehead atoms. The molecular formula is C13H14F3N3. The Balaban J connectivity index is 2.65. The zero-order chi connectivity index (χ0) is 14.3. The van der Waals surface area contributed by atoms with E-state index in [0.29, 0.717) is 5.39 Å². The highest BCUT2D eigenvalue weighted by Crippen LogP contribution is 2.31. The molecule has 0 saturated carbocycles. The van der Waals surface area contributed by atoms with Crippen LogP contribution in [-0.4, -0.2) is 15.5 Å².